The smallest absolute Gasteiger partial charge is 0.147 e. The summed E-state index contributed by atoms with van der Waals surface area (Å²) in [5, 5.41) is 19.9. The Balaban J connectivity index is 2.72. The summed E-state index contributed by atoms with van der Waals surface area (Å²) in [6.45, 7) is 2.13. The molecule has 1 aromatic rings. The van der Waals surface area contributed by atoms with Crippen LogP contribution in [0.2, 0.25) is 0 Å². The van der Waals surface area contributed by atoms with Gasteiger partial charge in [0.15, 0.2) is 0 Å². The van der Waals surface area contributed by atoms with E-state index in [1.54, 1.807) is 6.92 Å². The zero-order valence-electron chi connectivity index (χ0n) is 8.29. The van der Waals surface area contributed by atoms with Gasteiger partial charge in [-0.3, -0.25) is 0 Å². The fraction of sp³-hybridized carbons (Fsp3) is 0.273. The number of rotatable bonds is 3. The summed E-state index contributed by atoms with van der Waals surface area (Å²) in [7, 11) is 0. The molecule has 0 spiro atoms. The number of hydrogen-bond donors (Lipinski definition) is 1. The molecule has 1 N–H and O–H groups in total. The van der Waals surface area contributed by atoms with E-state index in [0.29, 0.717) is 12.2 Å². The summed E-state index contributed by atoms with van der Waals surface area (Å²) < 4.78 is 13.3. The average molecular weight is 203 g/mol. The molecule has 76 valence electrons. The Morgan fingerprint density at radius 1 is 1.47 bits per heavy atom. The summed E-state index contributed by atoms with van der Waals surface area (Å²) in [4.78, 5) is 0. The molecule has 0 heterocycles. The van der Waals surface area contributed by atoms with Crippen molar-refractivity contribution < 1.29 is 4.39 Å². The van der Waals surface area contributed by atoms with Crippen LogP contribution in [0.25, 0.3) is 0 Å². The highest BCUT2D eigenvalue weighted by atomic mass is 19.1. The largest absolute Gasteiger partial charge is 0.381 e. The lowest BCUT2D eigenvalue weighted by Crippen LogP contribution is -2.10. The third kappa shape index (κ3) is 2.96. The highest BCUT2D eigenvalue weighted by Crippen LogP contribution is 2.15. The summed E-state index contributed by atoms with van der Waals surface area (Å²) in [6, 6.07) is 8.09. The molecule has 0 saturated heterocycles. The summed E-state index contributed by atoms with van der Waals surface area (Å²) in [5.41, 5.74) is 0.600. The van der Waals surface area contributed by atoms with Gasteiger partial charge in [-0.05, 0) is 25.1 Å². The molecule has 1 rings (SSSR count). The van der Waals surface area contributed by atoms with Gasteiger partial charge in [0.2, 0.25) is 0 Å². The molecule has 0 aliphatic carbocycles. The molecule has 15 heavy (non-hydrogen) atoms. The van der Waals surface area contributed by atoms with Crippen molar-refractivity contribution in [3.63, 3.8) is 0 Å². The van der Waals surface area contributed by atoms with Gasteiger partial charge in [-0.25, -0.2) is 4.39 Å². The fourth-order valence-electron chi connectivity index (χ4n) is 1.04. The Morgan fingerprint density at radius 2 is 2.20 bits per heavy atom. The zero-order chi connectivity index (χ0) is 11.3. The summed E-state index contributed by atoms with van der Waals surface area (Å²) in [6.07, 6.45) is 0. The number of hydrogen-bond acceptors (Lipinski definition) is 3. The summed E-state index contributed by atoms with van der Waals surface area (Å²) in [5.74, 6) is -0.653. The highest BCUT2D eigenvalue weighted by Gasteiger charge is 2.04. The van der Waals surface area contributed by atoms with Crippen molar-refractivity contribution >= 4 is 5.69 Å². The van der Waals surface area contributed by atoms with Crippen molar-refractivity contribution in [2.24, 2.45) is 5.92 Å². The number of anilines is 1. The molecule has 0 bridgehead atoms. The average Bonchev–Trinajstić information content (AvgIpc) is 2.26. The van der Waals surface area contributed by atoms with Gasteiger partial charge in [-0.2, -0.15) is 10.5 Å². The highest BCUT2D eigenvalue weighted by molar-refractivity contribution is 5.48. The molecule has 3 nitrogen and oxygen atoms in total. The van der Waals surface area contributed by atoms with Crippen LogP contribution in [0.4, 0.5) is 10.1 Å². The van der Waals surface area contributed by atoms with Crippen LogP contribution in [0.5, 0.6) is 0 Å². The van der Waals surface area contributed by atoms with Crippen LogP contribution in [-0.4, -0.2) is 6.54 Å². The van der Waals surface area contributed by atoms with Crippen molar-refractivity contribution in [2.45, 2.75) is 6.92 Å². The fourth-order valence-corrected chi connectivity index (χ4v) is 1.04. The van der Waals surface area contributed by atoms with Crippen LogP contribution in [0, 0.1) is 34.4 Å². The van der Waals surface area contributed by atoms with E-state index >= 15 is 0 Å². The van der Waals surface area contributed by atoms with Crippen molar-refractivity contribution in [1.29, 1.82) is 10.5 Å². The second-order valence-corrected chi connectivity index (χ2v) is 3.22. The molecular formula is C11H10FN3. The number of halogens is 1. The number of benzene rings is 1. The van der Waals surface area contributed by atoms with Gasteiger partial charge in [-0.15, -0.1) is 0 Å². The second-order valence-electron chi connectivity index (χ2n) is 3.22. The van der Waals surface area contributed by atoms with Gasteiger partial charge in [0.25, 0.3) is 0 Å². The van der Waals surface area contributed by atoms with Crippen molar-refractivity contribution in [2.75, 3.05) is 11.9 Å². The van der Waals surface area contributed by atoms with Gasteiger partial charge >= 0.3 is 0 Å². The maximum absolute atomic E-state index is 13.3. The maximum atomic E-state index is 13.3. The third-order valence-electron chi connectivity index (χ3n) is 1.92. The van der Waals surface area contributed by atoms with Gasteiger partial charge in [0.1, 0.15) is 5.82 Å². The van der Waals surface area contributed by atoms with Crippen LogP contribution in [0.15, 0.2) is 18.2 Å². The molecule has 0 unspecified atom stereocenters. The van der Waals surface area contributed by atoms with Gasteiger partial charge in [0, 0.05) is 6.54 Å². The van der Waals surface area contributed by atoms with Crippen LogP contribution >= 0.6 is 0 Å². The minimum Gasteiger partial charge on any atom is -0.381 e. The predicted octanol–water partition coefficient (Wildman–Crippen LogP) is 2.27. The van der Waals surface area contributed by atoms with Crippen molar-refractivity contribution in [3.8, 4) is 12.1 Å². The lowest BCUT2D eigenvalue weighted by molar-refractivity contribution is 0.627. The van der Waals surface area contributed by atoms with E-state index in [2.05, 4.69) is 5.32 Å². The maximum Gasteiger partial charge on any atom is 0.147 e. The molecule has 0 aliphatic rings. The van der Waals surface area contributed by atoms with E-state index < -0.39 is 5.82 Å². The van der Waals surface area contributed by atoms with E-state index in [0.717, 1.165) is 0 Å². The third-order valence-corrected chi connectivity index (χ3v) is 1.92. The van der Waals surface area contributed by atoms with Gasteiger partial charge in [0.05, 0.1) is 29.3 Å². The monoisotopic (exact) mass is 203 g/mol. The van der Waals surface area contributed by atoms with Crippen molar-refractivity contribution in [1.82, 2.24) is 0 Å². The van der Waals surface area contributed by atoms with Crippen molar-refractivity contribution in [3.05, 3.63) is 29.6 Å². The number of nitrogens with one attached hydrogen (secondary N) is 1. The molecular weight excluding hydrogens is 193 g/mol. The minimum absolute atomic E-state index is 0.181. The van der Waals surface area contributed by atoms with Gasteiger partial charge in [-0.1, -0.05) is 0 Å². The van der Waals surface area contributed by atoms with E-state index in [-0.39, 0.29) is 11.5 Å². The van der Waals surface area contributed by atoms with Crippen LogP contribution in [0.3, 0.4) is 0 Å². The van der Waals surface area contributed by atoms with E-state index in [1.807, 2.05) is 12.1 Å². The normalized spacial score (nSPS) is 11.2. The molecule has 0 amide bonds. The Labute approximate surface area is 87.8 Å². The topological polar surface area (TPSA) is 59.6 Å². The summed E-state index contributed by atoms with van der Waals surface area (Å²) >= 11 is 0. The molecule has 0 radical (unpaired) electrons. The zero-order valence-corrected chi connectivity index (χ0v) is 8.29. The minimum atomic E-state index is -0.473. The number of nitrogens with zero attached hydrogens (tertiary/aromatic N) is 2. The van der Waals surface area contributed by atoms with Crippen LogP contribution in [0.1, 0.15) is 12.5 Å². The number of nitriles is 2. The van der Waals surface area contributed by atoms with Crippen LogP contribution < -0.4 is 5.32 Å². The SMILES string of the molecule is C[C@H](C#N)CNc1ccc(C#N)cc1F. The van der Waals surface area contributed by atoms with E-state index in [4.69, 9.17) is 10.5 Å². The molecule has 0 fully saturated rings. The molecule has 1 aromatic carbocycles. The Morgan fingerprint density at radius 3 is 2.73 bits per heavy atom. The first-order chi connectivity index (χ1) is 7.17. The standard InChI is InChI=1S/C11H10FN3/c1-8(5-13)7-15-11-3-2-9(6-14)4-10(11)12/h2-4,8,15H,7H2,1H3/t8-/m1/s1. The molecule has 4 heteroatoms. The van der Waals surface area contributed by atoms with E-state index in [1.165, 1.54) is 18.2 Å². The quantitative estimate of drug-likeness (QED) is 0.819. The Hall–Kier alpha value is -2.07. The van der Waals surface area contributed by atoms with Crippen LogP contribution in [-0.2, 0) is 0 Å². The molecule has 0 saturated carbocycles. The molecule has 0 aliphatic heterocycles. The lowest BCUT2D eigenvalue weighted by Gasteiger charge is -2.08. The molecule has 0 aromatic heterocycles. The Bertz CT molecular complexity index is 428. The Kier molecular flexibility index (Phi) is 3.65. The van der Waals surface area contributed by atoms with Gasteiger partial charge < -0.3 is 5.32 Å². The lowest BCUT2D eigenvalue weighted by atomic mass is 10.2. The first-order valence-corrected chi connectivity index (χ1v) is 4.50. The second kappa shape index (κ2) is 4.97. The first kappa shape index (κ1) is 11.0. The first-order valence-electron chi connectivity index (χ1n) is 4.50. The van der Waals surface area contributed by atoms with E-state index in [9.17, 15) is 4.39 Å². The molecule has 1 atom stereocenters. The predicted molar refractivity (Wildman–Crippen MR) is 54.4 cm³/mol.